The van der Waals surface area contributed by atoms with Crippen LogP contribution in [0.5, 0.6) is 11.5 Å². The fourth-order valence-electron chi connectivity index (χ4n) is 3.10. The van der Waals surface area contributed by atoms with Crippen LogP contribution in [0, 0.1) is 0 Å². The summed E-state index contributed by atoms with van der Waals surface area (Å²) < 4.78 is 11.3. The largest absolute Gasteiger partial charge is 0.496 e. The number of nitrogens with two attached hydrogens (primary N) is 1. The average molecular weight is 397 g/mol. The van der Waals surface area contributed by atoms with Crippen LogP contribution < -0.4 is 20.5 Å². The Labute approximate surface area is 164 Å². The molecule has 0 fully saturated rings. The highest BCUT2D eigenvalue weighted by Gasteiger charge is 2.35. The Kier molecular flexibility index (Phi) is 5.94. The summed E-state index contributed by atoms with van der Waals surface area (Å²) in [5.74, 6) is 0.949. The van der Waals surface area contributed by atoms with Gasteiger partial charge in [0, 0.05) is 22.7 Å². The maximum atomic E-state index is 12.8. The number of nitrogens with one attached hydrogen (secondary N) is 1. The summed E-state index contributed by atoms with van der Waals surface area (Å²) in [4.78, 5) is 12.8. The van der Waals surface area contributed by atoms with Gasteiger partial charge in [-0.25, -0.2) is 0 Å². The van der Waals surface area contributed by atoms with Crippen molar-refractivity contribution < 1.29 is 14.3 Å². The van der Waals surface area contributed by atoms with Gasteiger partial charge in [-0.15, -0.1) is 12.4 Å². The van der Waals surface area contributed by atoms with Crippen molar-refractivity contribution in [3.05, 3.63) is 52.5 Å². The fourth-order valence-corrected chi connectivity index (χ4v) is 3.27. The minimum absolute atomic E-state index is 0. The van der Waals surface area contributed by atoms with Crippen molar-refractivity contribution in [2.24, 2.45) is 0 Å². The van der Waals surface area contributed by atoms with E-state index < -0.39 is 5.60 Å². The Morgan fingerprint density at radius 3 is 2.73 bits per heavy atom. The van der Waals surface area contributed by atoms with E-state index in [9.17, 15) is 4.79 Å². The first-order chi connectivity index (χ1) is 11.8. The van der Waals surface area contributed by atoms with Gasteiger partial charge in [-0.3, -0.25) is 4.79 Å². The normalized spacial score (nSPS) is 17.3. The smallest absolute Gasteiger partial charge is 0.255 e. The lowest BCUT2D eigenvalue weighted by Gasteiger charge is -2.38. The molecule has 5 nitrogen and oxygen atoms in total. The SMILES string of the molecule is COc1ccc(Cl)cc1C(=O)NC1CC(C)(C)Oc2ccc(N)cc21.Cl. The molecule has 0 saturated heterocycles. The summed E-state index contributed by atoms with van der Waals surface area (Å²) in [5, 5.41) is 3.54. The summed E-state index contributed by atoms with van der Waals surface area (Å²) in [6, 6.07) is 10.2. The Morgan fingerprint density at radius 2 is 2.04 bits per heavy atom. The summed E-state index contributed by atoms with van der Waals surface area (Å²) in [6.45, 7) is 3.98. The van der Waals surface area contributed by atoms with Gasteiger partial charge in [0.1, 0.15) is 17.1 Å². The molecule has 1 aliphatic heterocycles. The van der Waals surface area contributed by atoms with Crippen LogP contribution in [0.1, 0.15) is 42.2 Å². The van der Waals surface area contributed by atoms with Gasteiger partial charge in [0.25, 0.3) is 5.91 Å². The van der Waals surface area contributed by atoms with E-state index in [-0.39, 0.29) is 24.4 Å². The number of amides is 1. The van der Waals surface area contributed by atoms with Crippen molar-refractivity contribution in [1.82, 2.24) is 5.32 Å². The Balaban J connectivity index is 0.00000243. The number of halogens is 2. The lowest BCUT2D eigenvalue weighted by atomic mass is 9.89. The summed E-state index contributed by atoms with van der Waals surface area (Å²) in [6.07, 6.45) is 0.623. The van der Waals surface area contributed by atoms with Crippen LogP contribution in [-0.4, -0.2) is 18.6 Å². The van der Waals surface area contributed by atoms with E-state index >= 15 is 0 Å². The summed E-state index contributed by atoms with van der Waals surface area (Å²) >= 11 is 6.04. The van der Waals surface area contributed by atoms with Crippen molar-refractivity contribution in [1.29, 1.82) is 0 Å². The molecular weight excluding hydrogens is 375 g/mol. The molecule has 0 aliphatic carbocycles. The van der Waals surface area contributed by atoms with Crippen molar-refractivity contribution in [2.75, 3.05) is 12.8 Å². The minimum atomic E-state index is -0.403. The molecule has 0 bridgehead atoms. The number of anilines is 1. The van der Waals surface area contributed by atoms with Gasteiger partial charge in [-0.2, -0.15) is 0 Å². The quantitative estimate of drug-likeness (QED) is 0.754. The summed E-state index contributed by atoms with van der Waals surface area (Å²) in [5.41, 5.74) is 7.40. The monoisotopic (exact) mass is 396 g/mol. The number of methoxy groups -OCH3 is 1. The van der Waals surface area contributed by atoms with Crippen LogP contribution in [-0.2, 0) is 0 Å². The van der Waals surface area contributed by atoms with Gasteiger partial charge in [0.2, 0.25) is 0 Å². The highest BCUT2D eigenvalue weighted by Crippen LogP contribution is 2.40. The molecule has 0 spiro atoms. The number of nitrogen functional groups attached to an aromatic ring is 1. The number of rotatable bonds is 3. The van der Waals surface area contributed by atoms with Crippen LogP contribution in [0.4, 0.5) is 5.69 Å². The predicted octanol–water partition coefficient (Wildman–Crippen LogP) is 4.38. The van der Waals surface area contributed by atoms with Gasteiger partial charge in [0.15, 0.2) is 0 Å². The zero-order valence-corrected chi connectivity index (χ0v) is 16.4. The fraction of sp³-hybridized carbons (Fsp3) is 0.316. The van der Waals surface area contributed by atoms with Gasteiger partial charge in [-0.1, -0.05) is 11.6 Å². The highest BCUT2D eigenvalue weighted by molar-refractivity contribution is 6.31. The van der Waals surface area contributed by atoms with Gasteiger partial charge in [0.05, 0.1) is 18.7 Å². The first-order valence-corrected chi connectivity index (χ1v) is 8.40. The molecule has 1 heterocycles. The number of hydrogen-bond donors (Lipinski definition) is 2. The highest BCUT2D eigenvalue weighted by atomic mass is 35.5. The van der Waals surface area contributed by atoms with E-state index in [1.54, 1.807) is 24.3 Å². The third-order valence-electron chi connectivity index (χ3n) is 4.20. The molecule has 3 N–H and O–H groups in total. The molecule has 1 amide bonds. The first-order valence-electron chi connectivity index (χ1n) is 8.02. The number of benzene rings is 2. The third kappa shape index (κ3) is 4.17. The van der Waals surface area contributed by atoms with E-state index in [0.717, 1.165) is 11.3 Å². The molecule has 140 valence electrons. The van der Waals surface area contributed by atoms with Crippen LogP contribution in [0.3, 0.4) is 0 Å². The lowest BCUT2D eigenvalue weighted by Crippen LogP contribution is -2.41. The summed E-state index contributed by atoms with van der Waals surface area (Å²) in [7, 11) is 1.52. The van der Waals surface area contributed by atoms with Gasteiger partial charge in [-0.05, 0) is 50.2 Å². The third-order valence-corrected chi connectivity index (χ3v) is 4.44. The van der Waals surface area contributed by atoms with E-state index in [1.807, 2.05) is 26.0 Å². The van der Waals surface area contributed by atoms with Crippen molar-refractivity contribution in [3.63, 3.8) is 0 Å². The zero-order chi connectivity index (χ0) is 18.2. The topological polar surface area (TPSA) is 73.6 Å². The molecule has 7 heteroatoms. The van der Waals surface area contributed by atoms with Crippen molar-refractivity contribution >= 4 is 35.6 Å². The maximum Gasteiger partial charge on any atom is 0.255 e. The minimum Gasteiger partial charge on any atom is -0.496 e. The molecule has 1 aliphatic rings. The maximum absolute atomic E-state index is 12.8. The molecule has 26 heavy (non-hydrogen) atoms. The van der Waals surface area contributed by atoms with Crippen LogP contribution >= 0.6 is 24.0 Å². The molecule has 2 aromatic carbocycles. The predicted molar refractivity (Wildman–Crippen MR) is 106 cm³/mol. The van der Waals surface area contributed by atoms with Crippen LogP contribution in [0.25, 0.3) is 0 Å². The van der Waals surface area contributed by atoms with E-state index in [2.05, 4.69) is 5.32 Å². The zero-order valence-electron chi connectivity index (χ0n) is 14.8. The number of ether oxygens (including phenoxy) is 2. The molecule has 0 aromatic heterocycles. The van der Waals surface area contributed by atoms with E-state index in [0.29, 0.717) is 28.4 Å². The number of carbonyl (C=O) groups excluding carboxylic acids is 1. The lowest BCUT2D eigenvalue weighted by molar-refractivity contribution is 0.0619. The second-order valence-corrected chi connectivity index (χ2v) is 7.17. The second-order valence-electron chi connectivity index (χ2n) is 6.73. The van der Waals surface area contributed by atoms with Gasteiger partial charge >= 0.3 is 0 Å². The number of carbonyl (C=O) groups is 1. The second kappa shape index (κ2) is 7.64. The van der Waals surface area contributed by atoms with Crippen LogP contribution in [0.15, 0.2) is 36.4 Å². The van der Waals surface area contributed by atoms with Gasteiger partial charge < -0.3 is 20.5 Å². The standard InChI is InChI=1S/C19H21ClN2O3.ClH/c1-19(2)10-15(13-9-12(21)5-7-17(13)25-19)22-18(23)14-8-11(20)4-6-16(14)24-3;/h4-9,15H,10,21H2,1-3H3,(H,22,23);1H. The molecule has 2 aromatic rings. The first kappa shape index (κ1) is 20.2. The van der Waals surface area contributed by atoms with Crippen LogP contribution in [0.2, 0.25) is 5.02 Å². The van der Waals surface area contributed by atoms with Crippen molar-refractivity contribution in [2.45, 2.75) is 31.9 Å². The van der Waals surface area contributed by atoms with E-state index in [1.165, 1.54) is 7.11 Å². The Bertz CT molecular complexity index is 824. The number of fused-ring (bicyclic) bond motifs is 1. The molecule has 0 saturated carbocycles. The molecule has 1 atom stereocenters. The molecule has 3 rings (SSSR count). The Morgan fingerprint density at radius 1 is 1.31 bits per heavy atom. The van der Waals surface area contributed by atoms with Crippen molar-refractivity contribution in [3.8, 4) is 11.5 Å². The molecule has 0 radical (unpaired) electrons. The average Bonchev–Trinajstić information content (AvgIpc) is 2.54. The molecule has 1 unspecified atom stereocenters. The Hall–Kier alpha value is -2.11. The molecular formula is C19H22Cl2N2O3. The van der Waals surface area contributed by atoms with E-state index in [4.69, 9.17) is 26.8 Å². The number of hydrogen-bond acceptors (Lipinski definition) is 4.